The average Bonchev–Trinajstić information content (AvgIpc) is 3.25. The predicted molar refractivity (Wildman–Crippen MR) is 109 cm³/mol. The summed E-state index contributed by atoms with van der Waals surface area (Å²) >= 11 is 6.12. The maximum atomic E-state index is 14.5. The van der Waals surface area contributed by atoms with Gasteiger partial charge in [0, 0.05) is 6.20 Å². The number of hydrogen-bond donors (Lipinski definition) is 1. The fraction of sp³-hybridized carbons (Fsp3) is 0.143. The van der Waals surface area contributed by atoms with Crippen LogP contribution in [0.5, 0.6) is 0 Å². The van der Waals surface area contributed by atoms with Gasteiger partial charge in [-0.2, -0.15) is 18.3 Å². The summed E-state index contributed by atoms with van der Waals surface area (Å²) in [6.07, 6.45) is 0.984. The highest BCUT2D eigenvalue weighted by Crippen LogP contribution is 2.43. The van der Waals surface area contributed by atoms with E-state index in [1.807, 2.05) is 0 Å². The highest BCUT2D eigenvalue weighted by molar-refractivity contribution is 6.35. The number of halogens is 5. The van der Waals surface area contributed by atoms with Gasteiger partial charge in [-0.1, -0.05) is 35.0 Å². The molecule has 5 nitrogen and oxygen atoms in total. The minimum absolute atomic E-state index is 0.00398. The topological polar surface area (TPSA) is 69.9 Å². The Morgan fingerprint density at radius 2 is 2.03 bits per heavy atom. The lowest BCUT2D eigenvalue weighted by Gasteiger charge is -2.05. The first-order valence-electron chi connectivity index (χ1n) is 9.09. The second-order valence-electron chi connectivity index (χ2n) is 6.86. The molecule has 1 aromatic carbocycles. The van der Waals surface area contributed by atoms with E-state index >= 15 is 0 Å². The second kappa shape index (κ2) is 7.73. The van der Waals surface area contributed by atoms with Gasteiger partial charge in [-0.3, -0.25) is 0 Å². The molecule has 0 aliphatic heterocycles. The molecule has 160 valence electrons. The van der Waals surface area contributed by atoms with Crippen LogP contribution < -0.4 is 5.73 Å². The summed E-state index contributed by atoms with van der Waals surface area (Å²) in [5, 5.41) is 7.41. The van der Waals surface area contributed by atoms with Crippen molar-refractivity contribution >= 4 is 22.9 Å². The third kappa shape index (κ3) is 3.88. The molecule has 0 amide bonds. The molecule has 0 radical (unpaired) electrons. The van der Waals surface area contributed by atoms with E-state index in [4.69, 9.17) is 21.9 Å². The molecular formula is C21H15ClF4N4O. The van der Waals surface area contributed by atoms with E-state index in [-0.39, 0.29) is 34.2 Å². The molecule has 0 bridgehead atoms. The molecular weight excluding hydrogens is 436 g/mol. The zero-order valence-corrected chi connectivity index (χ0v) is 16.8. The SMILES string of the molecule is Cc1cccc(-n2cc(-c3onc(C4=C(Cl)C=CCC=C4F)c3N)c(C(F)(F)F)n2)c1. The summed E-state index contributed by atoms with van der Waals surface area (Å²) in [4.78, 5) is 0. The monoisotopic (exact) mass is 450 g/mol. The Morgan fingerprint density at radius 3 is 2.74 bits per heavy atom. The molecule has 0 fully saturated rings. The largest absolute Gasteiger partial charge is 0.435 e. The molecule has 0 saturated heterocycles. The van der Waals surface area contributed by atoms with Crippen LogP contribution in [-0.2, 0) is 6.18 Å². The van der Waals surface area contributed by atoms with Gasteiger partial charge in [0.25, 0.3) is 0 Å². The number of anilines is 1. The number of benzene rings is 1. The first-order chi connectivity index (χ1) is 14.7. The smallest absolute Gasteiger partial charge is 0.394 e. The highest BCUT2D eigenvalue weighted by Gasteiger charge is 2.40. The molecule has 2 heterocycles. The molecule has 4 rings (SSSR count). The first-order valence-corrected chi connectivity index (χ1v) is 9.46. The average molecular weight is 451 g/mol. The number of alkyl halides is 3. The van der Waals surface area contributed by atoms with Crippen LogP contribution in [0.3, 0.4) is 0 Å². The minimum atomic E-state index is -4.79. The van der Waals surface area contributed by atoms with E-state index in [9.17, 15) is 17.6 Å². The molecule has 1 aliphatic carbocycles. The Bertz CT molecular complexity index is 1250. The van der Waals surface area contributed by atoms with Gasteiger partial charge in [0.05, 0.1) is 21.9 Å². The van der Waals surface area contributed by atoms with Crippen LogP contribution in [0.15, 0.2) is 64.1 Å². The lowest BCUT2D eigenvalue weighted by Crippen LogP contribution is -2.09. The van der Waals surface area contributed by atoms with Gasteiger partial charge in [-0.15, -0.1) is 0 Å². The molecule has 0 saturated carbocycles. The predicted octanol–water partition coefficient (Wildman–Crippen LogP) is 6.20. The zero-order chi connectivity index (χ0) is 22.3. The Balaban J connectivity index is 1.89. The lowest BCUT2D eigenvalue weighted by molar-refractivity contribution is -0.140. The highest BCUT2D eigenvalue weighted by atomic mass is 35.5. The van der Waals surface area contributed by atoms with Crippen molar-refractivity contribution in [3.8, 4) is 17.0 Å². The van der Waals surface area contributed by atoms with Crippen LogP contribution in [0.4, 0.5) is 23.2 Å². The molecule has 2 N–H and O–H groups in total. The van der Waals surface area contributed by atoms with Crippen LogP contribution in [0.1, 0.15) is 23.4 Å². The van der Waals surface area contributed by atoms with Gasteiger partial charge in [0.2, 0.25) is 0 Å². The van der Waals surface area contributed by atoms with Crippen molar-refractivity contribution in [2.75, 3.05) is 5.73 Å². The van der Waals surface area contributed by atoms with Gasteiger partial charge in [-0.25, -0.2) is 9.07 Å². The molecule has 2 aromatic heterocycles. The quantitative estimate of drug-likeness (QED) is 0.482. The number of hydrogen-bond acceptors (Lipinski definition) is 4. The van der Waals surface area contributed by atoms with E-state index in [0.29, 0.717) is 5.69 Å². The fourth-order valence-corrected chi connectivity index (χ4v) is 3.46. The number of aromatic nitrogens is 3. The molecule has 3 aromatic rings. The van der Waals surface area contributed by atoms with Crippen LogP contribution in [0.2, 0.25) is 0 Å². The van der Waals surface area contributed by atoms with Crippen LogP contribution in [0, 0.1) is 6.92 Å². The maximum Gasteiger partial charge on any atom is 0.435 e. The summed E-state index contributed by atoms with van der Waals surface area (Å²) in [5.41, 5.74) is 5.08. The van der Waals surface area contributed by atoms with Crippen molar-refractivity contribution < 1.29 is 22.1 Å². The Kier molecular flexibility index (Phi) is 5.22. The summed E-state index contributed by atoms with van der Waals surface area (Å²) < 4.78 is 61.9. The van der Waals surface area contributed by atoms with Crippen molar-refractivity contribution in [2.45, 2.75) is 19.5 Å². The van der Waals surface area contributed by atoms with Crippen molar-refractivity contribution in [1.82, 2.24) is 14.9 Å². The van der Waals surface area contributed by atoms with E-state index < -0.39 is 23.3 Å². The second-order valence-corrected chi connectivity index (χ2v) is 7.27. The van der Waals surface area contributed by atoms with Crippen molar-refractivity contribution in [3.63, 3.8) is 0 Å². The van der Waals surface area contributed by atoms with Gasteiger partial charge in [0.1, 0.15) is 17.2 Å². The summed E-state index contributed by atoms with van der Waals surface area (Å²) in [5.74, 6) is -1.08. The van der Waals surface area contributed by atoms with E-state index in [1.165, 1.54) is 12.2 Å². The van der Waals surface area contributed by atoms with Crippen LogP contribution in [0.25, 0.3) is 22.6 Å². The standard InChI is InChI=1S/C21H15ClF4N4O/c1-11-5-4-6-12(9-11)30-10-13(20(28-30)21(24,25)26)19-17(27)18(29-31-19)16-14(22)7-2-3-8-15(16)23/h2,4-10H,3,27H2,1H3. The molecule has 31 heavy (non-hydrogen) atoms. The minimum Gasteiger partial charge on any atom is -0.394 e. The van der Waals surface area contributed by atoms with E-state index in [0.717, 1.165) is 16.4 Å². The summed E-state index contributed by atoms with van der Waals surface area (Å²) in [6, 6.07) is 6.79. The normalized spacial score (nSPS) is 14.7. The summed E-state index contributed by atoms with van der Waals surface area (Å²) in [6.45, 7) is 1.81. The van der Waals surface area contributed by atoms with Gasteiger partial charge in [-0.05, 0) is 43.2 Å². The number of allylic oxidation sites excluding steroid dienone is 6. The molecule has 1 aliphatic rings. The van der Waals surface area contributed by atoms with Crippen molar-refractivity contribution in [3.05, 3.63) is 76.5 Å². The third-order valence-corrected chi connectivity index (χ3v) is 4.95. The molecule has 0 atom stereocenters. The number of rotatable bonds is 3. The number of nitrogens with two attached hydrogens (primary N) is 1. The van der Waals surface area contributed by atoms with Gasteiger partial charge >= 0.3 is 6.18 Å². The van der Waals surface area contributed by atoms with Gasteiger partial charge in [0.15, 0.2) is 11.5 Å². The number of aryl methyl sites for hydroxylation is 1. The maximum absolute atomic E-state index is 14.5. The third-order valence-electron chi connectivity index (χ3n) is 4.63. The van der Waals surface area contributed by atoms with Crippen molar-refractivity contribution in [2.24, 2.45) is 0 Å². The molecule has 0 spiro atoms. The van der Waals surface area contributed by atoms with Crippen LogP contribution in [-0.4, -0.2) is 14.9 Å². The van der Waals surface area contributed by atoms with Crippen molar-refractivity contribution in [1.29, 1.82) is 0 Å². The lowest BCUT2D eigenvalue weighted by atomic mass is 10.1. The molecule has 10 heteroatoms. The Labute approximate surface area is 179 Å². The summed E-state index contributed by atoms with van der Waals surface area (Å²) in [7, 11) is 0. The Morgan fingerprint density at radius 1 is 1.26 bits per heavy atom. The van der Waals surface area contributed by atoms with E-state index in [1.54, 1.807) is 37.3 Å². The number of nitrogens with zero attached hydrogens (tertiary/aromatic N) is 3. The molecule has 0 unspecified atom stereocenters. The Hall–Kier alpha value is -3.33. The number of nitrogen functional groups attached to an aromatic ring is 1. The van der Waals surface area contributed by atoms with Gasteiger partial charge < -0.3 is 10.3 Å². The fourth-order valence-electron chi connectivity index (χ4n) is 3.19. The zero-order valence-electron chi connectivity index (χ0n) is 16.0. The van der Waals surface area contributed by atoms with Crippen LogP contribution >= 0.6 is 11.6 Å². The van der Waals surface area contributed by atoms with E-state index in [2.05, 4.69) is 10.3 Å². The first kappa shape index (κ1) is 20.9.